The van der Waals surface area contributed by atoms with Crippen molar-refractivity contribution in [2.45, 2.75) is 45.2 Å². The van der Waals surface area contributed by atoms with E-state index in [4.69, 9.17) is 4.74 Å². The van der Waals surface area contributed by atoms with Crippen molar-refractivity contribution < 1.29 is 14.3 Å². The van der Waals surface area contributed by atoms with Crippen molar-refractivity contribution in [3.8, 4) is 5.75 Å². The molecule has 1 aliphatic heterocycles. The molecule has 0 unspecified atom stereocenters. The van der Waals surface area contributed by atoms with Crippen LogP contribution < -0.4 is 10.1 Å². The van der Waals surface area contributed by atoms with Crippen LogP contribution in [0.4, 0.5) is 4.79 Å². The van der Waals surface area contributed by atoms with Gasteiger partial charge in [0.1, 0.15) is 18.9 Å². The van der Waals surface area contributed by atoms with Gasteiger partial charge in [0, 0.05) is 24.0 Å². The van der Waals surface area contributed by atoms with Gasteiger partial charge in [0.05, 0.1) is 6.04 Å². The topological polar surface area (TPSA) is 61.9 Å². The van der Waals surface area contributed by atoms with Crippen LogP contribution in [0, 0.1) is 6.92 Å². The van der Waals surface area contributed by atoms with Crippen molar-refractivity contribution in [2.75, 3.05) is 26.2 Å². The van der Waals surface area contributed by atoms with Crippen LogP contribution in [0.2, 0.25) is 0 Å². The summed E-state index contributed by atoms with van der Waals surface area (Å²) in [4.78, 5) is 30.7. The van der Waals surface area contributed by atoms with Crippen LogP contribution in [0.15, 0.2) is 35.7 Å². The number of rotatable bonds is 7. The smallest absolute Gasteiger partial charge is 0.318 e. The molecule has 30 heavy (non-hydrogen) atoms. The summed E-state index contributed by atoms with van der Waals surface area (Å²) < 4.78 is 6.15. The van der Waals surface area contributed by atoms with E-state index in [2.05, 4.69) is 16.8 Å². The number of urea groups is 1. The molecule has 2 aromatic rings. The van der Waals surface area contributed by atoms with Crippen LogP contribution in [0.1, 0.15) is 41.8 Å². The van der Waals surface area contributed by atoms with E-state index in [0.717, 1.165) is 30.6 Å². The highest BCUT2D eigenvalue weighted by atomic mass is 32.1. The Bertz CT molecular complexity index is 909. The minimum Gasteiger partial charge on any atom is -0.491 e. The van der Waals surface area contributed by atoms with E-state index in [1.165, 1.54) is 10.4 Å². The predicted molar refractivity (Wildman–Crippen MR) is 118 cm³/mol. The van der Waals surface area contributed by atoms with Crippen LogP contribution in [0.5, 0.6) is 5.75 Å². The summed E-state index contributed by atoms with van der Waals surface area (Å²) >= 11 is 1.74. The summed E-state index contributed by atoms with van der Waals surface area (Å²) in [6.45, 7) is 5.66. The Morgan fingerprint density at radius 2 is 2.07 bits per heavy atom. The maximum atomic E-state index is 13.3. The molecule has 1 aromatic heterocycles. The molecule has 2 heterocycles. The number of thiophene rings is 1. The zero-order valence-electron chi connectivity index (χ0n) is 17.6. The molecular formula is C23H29N3O3S. The first kappa shape index (κ1) is 20.7. The number of hydrogen-bond donors (Lipinski definition) is 1. The van der Waals surface area contributed by atoms with Crippen molar-refractivity contribution in [3.63, 3.8) is 0 Å². The van der Waals surface area contributed by atoms with Crippen molar-refractivity contribution in [1.82, 2.24) is 15.1 Å². The van der Waals surface area contributed by atoms with Crippen LogP contribution >= 0.6 is 11.3 Å². The van der Waals surface area contributed by atoms with Gasteiger partial charge in [-0.3, -0.25) is 4.79 Å². The molecule has 0 radical (unpaired) electrons. The fourth-order valence-electron chi connectivity index (χ4n) is 4.00. The molecule has 160 valence electrons. The zero-order chi connectivity index (χ0) is 21.1. The Morgan fingerprint density at radius 1 is 1.27 bits per heavy atom. The molecule has 0 bridgehead atoms. The van der Waals surface area contributed by atoms with Gasteiger partial charge in [-0.1, -0.05) is 18.2 Å². The SMILES string of the molecule is CCNC(=O)N(CC(=O)N1CCc2sccc2[C@H]1COc1ccccc1C)C1CC1. The molecule has 0 spiro atoms. The summed E-state index contributed by atoms with van der Waals surface area (Å²) in [6, 6.07) is 9.94. The second-order valence-corrected chi connectivity index (χ2v) is 8.92. The predicted octanol–water partition coefficient (Wildman–Crippen LogP) is 3.76. The van der Waals surface area contributed by atoms with Crippen molar-refractivity contribution in [2.24, 2.45) is 0 Å². The number of aryl methyl sites for hydroxylation is 1. The lowest BCUT2D eigenvalue weighted by molar-refractivity contribution is -0.135. The Balaban J connectivity index is 1.50. The summed E-state index contributed by atoms with van der Waals surface area (Å²) in [6.07, 6.45) is 2.79. The number of ether oxygens (including phenoxy) is 1. The summed E-state index contributed by atoms with van der Waals surface area (Å²) in [5.41, 5.74) is 2.25. The molecule has 3 amide bonds. The van der Waals surface area contributed by atoms with E-state index >= 15 is 0 Å². The largest absolute Gasteiger partial charge is 0.491 e. The quantitative estimate of drug-likeness (QED) is 0.732. The number of para-hydroxylation sites is 1. The van der Waals surface area contributed by atoms with Gasteiger partial charge in [-0.05, 0) is 61.7 Å². The Morgan fingerprint density at radius 3 is 2.80 bits per heavy atom. The van der Waals surface area contributed by atoms with Gasteiger partial charge in [-0.2, -0.15) is 0 Å². The van der Waals surface area contributed by atoms with Crippen molar-refractivity contribution in [1.29, 1.82) is 0 Å². The second-order valence-electron chi connectivity index (χ2n) is 7.92. The zero-order valence-corrected chi connectivity index (χ0v) is 18.4. The Hall–Kier alpha value is -2.54. The van der Waals surface area contributed by atoms with Crippen molar-refractivity contribution in [3.05, 3.63) is 51.7 Å². The number of carbonyl (C=O) groups is 2. The van der Waals surface area contributed by atoms with E-state index in [1.807, 2.05) is 43.0 Å². The van der Waals surface area contributed by atoms with E-state index in [1.54, 1.807) is 16.2 Å². The lowest BCUT2D eigenvalue weighted by atomic mass is 10.0. The summed E-state index contributed by atoms with van der Waals surface area (Å²) in [7, 11) is 0. The summed E-state index contributed by atoms with van der Waals surface area (Å²) in [5.74, 6) is 0.831. The van der Waals surface area contributed by atoms with E-state index < -0.39 is 0 Å². The number of nitrogens with zero attached hydrogens (tertiary/aromatic N) is 2. The Labute approximate surface area is 181 Å². The molecule has 1 N–H and O–H groups in total. The van der Waals surface area contributed by atoms with Crippen LogP contribution in [-0.4, -0.2) is 54.0 Å². The van der Waals surface area contributed by atoms with Crippen LogP contribution in [0.3, 0.4) is 0 Å². The molecule has 1 saturated carbocycles. The molecule has 4 rings (SSSR count). The number of hydrogen-bond acceptors (Lipinski definition) is 4. The first-order valence-corrected chi connectivity index (χ1v) is 11.5. The molecule has 7 heteroatoms. The first-order chi connectivity index (χ1) is 14.6. The number of amides is 3. The fourth-order valence-corrected chi connectivity index (χ4v) is 4.93. The maximum Gasteiger partial charge on any atom is 0.318 e. The number of carbonyl (C=O) groups excluding carboxylic acids is 2. The fraction of sp³-hybridized carbons (Fsp3) is 0.478. The highest BCUT2D eigenvalue weighted by Crippen LogP contribution is 2.35. The van der Waals surface area contributed by atoms with Gasteiger partial charge in [0.25, 0.3) is 0 Å². The molecule has 1 atom stereocenters. The monoisotopic (exact) mass is 427 g/mol. The molecule has 2 aliphatic rings. The molecular weight excluding hydrogens is 398 g/mol. The van der Waals surface area contributed by atoms with E-state index in [-0.39, 0.29) is 30.6 Å². The van der Waals surface area contributed by atoms with Crippen molar-refractivity contribution >= 4 is 23.3 Å². The van der Waals surface area contributed by atoms with Gasteiger partial charge in [0.2, 0.25) is 5.91 Å². The minimum atomic E-state index is -0.144. The average molecular weight is 428 g/mol. The van der Waals surface area contributed by atoms with Gasteiger partial charge in [-0.15, -0.1) is 11.3 Å². The van der Waals surface area contributed by atoms with Gasteiger partial charge < -0.3 is 19.9 Å². The third kappa shape index (κ3) is 4.46. The molecule has 1 fully saturated rings. The highest BCUT2D eigenvalue weighted by Gasteiger charge is 2.37. The summed E-state index contributed by atoms with van der Waals surface area (Å²) in [5, 5.41) is 4.93. The maximum absolute atomic E-state index is 13.3. The standard InChI is InChI=1S/C23H29N3O3S/c1-3-24-23(28)26(17-8-9-17)14-22(27)25-12-10-21-18(11-13-30-21)19(25)15-29-20-7-5-4-6-16(20)2/h4-7,11,13,17,19H,3,8-10,12,14-15H2,1-2H3,(H,24,28)/t19-/m1/s1. The molecule has 1 aliphatic carbocycles. The Kier molecular flexibility index (Phi) is 6.27. The lowest BCUT2D eigenvalue weighted by Gasteiger charge is -2.37. The molecule has 1 aromatic carbocycles. The lowest BCUT2D eigenvalue weighted by Crippen LogP contribution is -2.50. The van der Waals surface area contributed by atoms with Gasteiger partial charge in [0.15, 0.2) is 0 Å². The van der Waals surface area contributed by atoms with Crippen LogP contribution in [0.25, 0.3) is 0 Å². The molecule has 6 nitrogen and oxygen atoms in total. The number of fused-ring (bicyclic) bond motifs is 1. The minimum absolute atomic E-state index is 0.0108. The number of nitrogens with one attached hydrogen (secondary N) is 1. The van der Waals surface area contributed by atoms with E-state index in [0.29, 0.717) is 19.7 Å². The normalized spacial score (nSPS) is 17.9. The van der Waals surface area contributed by atoms with E-state index in [9.17, 15) is 9.59 Å². The van der Waals surface area contributed by atoms with Gasteiger partial charge in [-0.25, -0.2) is 4.79 Å². The first-order valence-electron chi connectivity index (χ1n) is 10.7. The highest BCUT2D eigenvalue weighted by molar-refractivity contribution is 7.10. The third-order valence-electron chi connectivity index (χ3n) is 5.79. The van der Waals surface area contributed by atoms with Crippen LogP contribution in [-0.2, 0) is 11.2 Å². The second kappa shape index (κ2) is 9.08. The third-order valence-corrected chi connectivity index (χ3v) is 6.78. The van der Waals surface area contributed by atoms with Gasteiger partial charge >= 0.3 is 6.03 Å². The average Bonchev–Trinajstić information content (AvgIpc) is 3.47. The number of benzene rings is 1. The molecule has 0 saturated heterocycles.